The molecular formula is C21H22N2O2S. The van der Waals surface area contributed by atoms with Gasteiger partial charge in [-0.15, -0.1) is 11.3 Å². The molecule has 26 heavy (non-hydrogen) atoms. The molecule has 134 valence electrons. The highest BCUT2D eigenvalue weighted by atomic mass is 32.1. The maximum Gasteiger partial charge on any atom is 0.226 e. The number of carbonyl (C=O) groups is 1. The summed E-state index contributed by atoms with van der Waals surface area (Å²) in [7, 11) is 0. The Morgan fingerprint density at radius 2 is 2.12 bits per heavy atom. The molecule has 0 radical (unpaired) electrons. The van der Waals surface area contributed by atoms with Crippen LogP contribution in [-0.2, 0) is 24.1 Å². The first-order valence-electron chi connectivity index (χ1n) is 9.10. The Labute approximate surface area is 157 Å². The molecule has 1 aliphatic carbocycles. The zero-order valence-corrected chi connectivity index (χ0v) is 15.6. The second-order valence-corrected chi connectivity index (χ2v) is 8.00. The van der Waals surface area contributed by atoms with Crippen molar-refractivity contribution in [3.05, 3.63) is 58.8 Å². The summed E-state index contributed by atoms with van der Waals surface area (Å²) >= 11 is 1.62. The predicted octanol–water partition coefficient (Wildman–Crippen LogP) is 5.10. The van der Waals surface area contributed by atoms with Crippen molar-refractivity contribution in [1.29, 1.82) is 0 Å². The van der Waals surface area contributed by atoms with Gasteiger partial charge in [0.25, 0.3) is 0 Å². The maximum absolute atomic E-state index is 12.3. The van der Waals surface area contributed by atoms with Gasteiger partial charge in [-0.2, -0.15) is 0 Å². The zero-order chi connectivity index (χ0) is 17.9. The van der Waals surface area contributed by atoms with Crippen molar-refractivity contribution < 1.29 is 9.21 Å². The summed E-state index contributed by atoms with van der Waals surface area (Å²) in [6.07, 6.45) is 4.27. The van der Waals surface area contributed by atoms with E-state index in [9.17, 15) is 4.79 Å². The highest BCUT2D eigenvalue weighted by molar-refractivity contribution is 7.15. The molecule has 1 unspecified atom stereocenters. The number of nitrogens with zero attached hydrogens (tertiary/aromatic N) is 1. The second-order valence-electron chi connectivity index (χ2n) is 6.92. The largest absolute Gasteiger partial charge is 0.461 e. The smallest absolute Gasteiger partial charge is 0.226 e. The number of aryl methyl sites for hydroxylation is 2. The van der Waals surface area contributed by atoms with Crippen LogP contribution in [-0.4, -0.2) is 10.9 Å². The fourth-order valence-corrected chi connectivity index (χ4v) is 4.47. The van der Waals surface area contributed by atoms with E-state index in [0.717, 1.165) is 35.1 Å². The third-order valence-electron chi connectivity index (χ3n) is 4.75. The summed E-state index contributed by atoms with van der Waals surface area (Å²) in [6.45, 7) is 2.27. The first-order valence-corrected chi connectivity index (χ1v) is 9.91. The van der Waals surface area contributed by atoms with E-state index in [0.29, 0.717) is 18.8 Å². The summed E-state index contributed by atoms with van der Waals surface area (Å²) < 4.78 is 5.86. The molecule has 1 aliphatic rings. The van der Waals surface area contributed by atoms with Crippen molar-refractivity contribution in [3.8, 4) is 11.3 Å². The van der Waals surface area contributed by atoms with E-state index in [1.165, 1.54) is 17.0 Å². The molecule has 0 spiro atoms. The van der Waals surface area contributed by atoms with E-state index >= 15 is 0 Å². The highest BCUT2D eigenvalue weighted by Crippen LogP contribution is 2.32. The molecule has 0 saturated heterocycles. The number of nitrogens with one attached hydrogen (secondary N) is 1. The summed E-state index contributed by atoms with van der Waals surface area (Å²) in [4.78, 5) is 18.2. The zero-order valence-electron chi connectivity index (χ0n) is 14.8. The Balaban J connectivity index is 1.33. The van der Waals surface area contributed by atoms with E-state index in [4.69, 9.17) is 4.42 Å². The maximum atomic E-state index is 12.3. The SMILES string of the molecule is CC1CCc2nc(NC(=O)CCc3ccc(-c4ccccc4)o3)sc2C1. The van der Waals surface area contributed by atoms with Gasteiger partial charge in [0.15, 0.2) is 5.13 Å². The molecule has 0 saturated carbocycles. The molecule has 3 aromatic rings. The summed E-state index contributed by atoms with van der Waals surface area (Å²) in [5.41, 5.74) is 2.22. The van der Waals surface area contributed by atoms with Gasteiger partial charge in [-0.05, 0) is 37.3 Å². The molecule has 4 rings (SSSR count). The molecule has 1 amide bonds. The minimum absolute atomic E-state index is 0.0122. The lowest BCUT2D eigenvalue weighted by Gasteiger charge is -2.15. The molecule has 2 aromatic heterocycles. The molecule has 0 aliphatic heterocycles. The standard InChI is InChI=1S/C21H22N2O2S/c1-14-7-10-17-19(13-14)26-21(22-17)23-20(24)12-9-16-8-11-18(25-16)15-5-3-2-4-6-15/h2-6,8,11,14H,7,9-10,12-13H2,1H3,(H,22,23,24). The average Bonchev–Trinajstić information content (AvgIpc) is 3.27. The highest BCUT2D eigenvalue weighted by Gasteiger charge is 2.20. The summed E-state index contributed by atoms with van der Waals surface area (Å²) in [6, 6.07) is 13.9. The Hall–Kier alpha value is -2.40. The second kappa shape index (κ2) is 7.46. The molecular weight excluding hydrogens is 344 g/mol. The Kier molecular flexibility index (Phi) is 4.89. The van der Waals surface area contributed by atoms with Crippen LogP contribution >= 0.6 is 11.3 Å². The monoisotopic (exact) mass is 366 g/mol. The molecule has 5 heteroatoms. The van der Waals surface area contributed by atoms with Crippen molar-refractivity contribution >= 4 is 22.4 Å². The minimum Gasteiger partial charge on any atom is -0.461 e. The van der Waals surface area contributed by atoms with Crippen LogP contribution < -0.4 is 5.32 Å². The normalized spacial score (nSPS) is 16.3. The quantitative estimate of drug-likeness (QED) is 0.683. The van der Waals surface area contributed by atoms with Gasteiger partial charge in [-0.1, -0.05) is 37.3 Å². The molecule has 0 bridgehead atoms. The van der Waals surface area contributed by atoms with E-state index < -0.39 is 0 Å². The van der Waals surface area contributed by atoms with Crippen LogP contribution in [0.1, 0.15) is 36.1 Å². The fraction of sp³-hybridized carbons (Fsp3) is 0.333. The number of furan rings is 1. The van der Waals surface area contributed by atoms with Gasteiger partial charge in [-0.25, -0.2) is 4.98 Å². The van der Waals surface area contributed by atoms with Crippen LogP contribution in [0.3, 0.4) is 0 Å². The molecule has 1 N–H and O–H groups in total. The number of thiazole rings is 1. The van der Waals surface area contributed by atoms with E-state index in [2.05, 4.69) is 17.2 Å². The van der Waals surface area contributed by atoms with Gasteiger partial charge in [0.2, 0.25) is 5.91 Å². The molecule has 1 atom stereocenters. The number of hydrogen-bond acceptors (Lipinski definition) is 4. The first kappa shape index (κ1) is 17.0. The number of fused-ring (bicyclic) bond motifs is 1. The number of amides is 1. The van der Waals surface area contributed by atoms with Crippen LogP contribution in [0.15, 0.2) is 46.9 Å². The third kappa shape index (κ3) is 3.88. The van der Waals surface area contributed by atoms with Crippen LogP contribution in [0.4, 0.5) is 5.13 Å². The lowest BCUT2D eigenvalue weighted by atomic mass is 9.93. The molecule has 0 fully saturated rings. The van der Waals surface area contributed by atoms with Gasteiger partial charge < -0.3 is 9.73 Å². The predicted molar refractivity (Wildman–Crippen MR) is 104 cm³/mol. The van der Waals surface area contributed by atoms with Crippen LogP contribution in [0.25, 0.3) is 11.3 Å². The number of carbonyl (C=O) groups excluding carboxylic acids is 1. The average molecular weight is 366 g/mol. The first-order chi connectivity index (χ1) is 12.7. The van der Waals surface area contributed by atoms with E-state index in [-0.39, 0.29) is 5.91 Å². The third-order valence-corrected chi connectivity index (χ3v) is 5.79. The Morgan fingerprint density at radius 1 is 1.27 bits per heavy atom. The molecule has 2 heterocycles. The van der Waals surface area contributed by atoms with Gasteiger partial charge >= 0.3 is 0 Å². The topological polar surface area (TPSA) is 55.1 Å². The Morgan fingerprint density at radius 3 is 2.96 bits per heavy atom. The van der Waals surface area contributed by atoms with E-state index in [1.54, 1.807) is 11.3 Å². The van der Waals surface area contributed by atoms with Gasteiger partial charge in [0, 0.05) is 23.3 Å². The number of hydrogen-bond donors (Lipinski definition) is 1. The van der Waals surface area contributed by atoms with Crippen molar-refractivity contribution in [3.63, 3.8) is 0 Å². The number of rotatable bonds is 5. The van der Waals surface area contributed by atoms with Crippen LogP contribution in [0, 0.1) is 5.92 Å². The summed E-state index contributed by atoms with van der Waals surface area (Å²) in [5, 5.41) is 3.68. The Bertz CT molecular complexity index is 898. The van der Waals surface area contributed by atoms with Crippen molar-refractivity contribution in [2.24, 2.45) is 5.92 Å². The molecule has 1 aromatic carbocycles. The lowest BCUT2D eigenvalue weighted by Crippen LogP contribution is -2.12. The van der Waals surface area contributed by atoms with Gasteiger partial charge in [0.1, 0.15) is 11.5 Å². The van der Waals surface area contributed by atoms with Crippen LogP contribution in [0.2, 0.25) is 0 Å². The molecule has 4 nitrogen and oxygen atoms in total. The number of aromatic nitrogens is 1. The van der Waals surface area contributed by atoms with Crippen molar-refractivity contribution in [1.82, 2.24) is 4.98 Å². The van der Waals surface area contributed by atoms with E-state index in [1.807, 2.05) is 42.5 Å². The van der Waals surface area contributed by atoms with Crippen molar-refractivity contribution in [2.45, 2.75) is 39.0 Å². The summed E-state index contributed by atoms with van der Waals surface area (Å²) in [5.74, 6) is 2.36. The number of benzene rings is 1. The van der Waals surface area contributed by atoms with Crippen LogP contribution in [0.5, 0.6) is 0 Å². The number of anilines is 1. The van der Waals surface area contributed by atoms with Crippen molar-refractivity contribution in [2.75, 3.05) is 5.32 Å². The van der Waals surface area contributed by atoms with Gasteiger partial charge in [0.05, 0.1) is 5.69 Å². The minimum atomic E-state index is -0.0122. The van der Waals surface area contributed by atoms with Gasteiger partial charge in [-0.3, -0.25) is 4.79 Å². The fourth-order valence-electron chi connectivity index (χ4n) is 3.28. The lowest BCUT2D eigenvalue weighted by molar-refractivity contribution is -0.116.